The Morgan fingerprint density at radius 2 is 2.28 bits per heavy atom. The molecule has 0 bridgehead atoms. The highest BCUT2D eigenvalue weighted by Crippen LogP contribution is 2.30. The van der Waals surface area contributed by atoms with Crippen LogP contribution in [-0.2, 0) is 0 Å². The van der Waals surface area contributed by atoms with Crippen molar-refractivity contribution >= 4 is 17.1 Å². The largest absolute Gasteiger partial charge is 0.493 e. The zero-order valence-corrected chi connectivity index (χ0v) is 14.0. The molecule has 8 nitrogen and oxygen atoms in total. The summed E-state index contributed by atoms with van der Waals surface area (Å²) in [4.78, 5) is 27.9. The average Bonchev–Trinajstić information content (AvgIpc) is 3.06. The van der Waals surface area contributed by atoms with Crippen LogP contribution < -0.4 is 15.8 Å². The molecule has 2 heterocycles. The van der Waals surface area contributed by atoms with Gasteiger partial charge in [-0.3, -0.25) is 4.79 Å². The Kier molecular flexibility index (Phi) is 5.20. The van der Waals surface area contributed by atoms with Crippen molar-refractivity contribution in [2.45, 2.75) is 13.3 Å². The highest BCUT2D eigenvalue weighted by molar-refractivity contribution is 5.95. The maximum atomic E-state index is 12.2. The summed E-state index contributed by atoms with van der Waals surface area (Å²) in [6.45, 7) is 3.45. The number of nitrogens with two attached hydrogens (primary N) is 1. The first-order valence-electron chi connectivity index (χ1n) is 8.14. The van der Waals surface area contributed by atoms with Gasteiger partial charge in [0.1, 0.15) is 23.4 Å². The Bertz CT molecular complexity index is 843. The first-order valence-corrected chi connectivity index (χ1v) is 8.14. The molecule has 1 amide bonds. The molecule has 2 aromatic heterocycles. The van der Waals surface area contributed by atoms with Gasteiger partial charge < -0.3 is 20.8 Å². The fourth-order valence-electron chi connectivity index (χ4n) is 2.43. The molecule has 3 rings (SSSR count). The summed E-state index contributed by atoms with van der Waals surface area (Å²) in [5.74, 6) is 1.05. The molecule has 0 aliphatic rings. The predicted molar refractivity (Wildman–Crippen MR) is 94.3 cm³/mol. The first-order chi connectivity index (χ1) is 12.2. The molecule has 3 aromatic rings. The van der Waals surface area contributed by atoms with E-state index in [0.717, 1.165) is 17.5 Å². The molecular formula is C17H20N6O2. The number of carbonyl (C=O) groups excluding carboxylic acids is 1. The molecule has 0 aliphatic heterocycles. The van der Waals surface area contributed by atoms with Crippen molar-refractivity contribution in [2.75, 3.05) is 19.7 Å². The first kappa shape index (κ1) is 16.8. The van der Waals surface area contributed by atoms with Crippen molar-refractivity contribution in [2.24, 2.45) is 5.73 Å². The van der Waals surface area contributed by atoms with Crippen molar-refractivity contribution in [1.82, 2.24) is 25.3 Å². The molecule has 0 aliphatic carbocycles. The van der Waals surface area contributed by atoms with E-state index in [4.69, 9.17) is 10.5 Å². The fraction of sp³-hybridized carbons (Fsp3) is 0.294. The van der Waals surface area contributed by atoms with Crippen LogP contribution in [0.4, 0.5) is 0 Å². The molecule has 0 spiro atoms. The number of amides is 1. The molecule has 0 radical (unpaired) electrons. The van der Waals surface area contributed by atoms with Gasteiger partial charge in [-0.1, -0.05) is 0 Å². The number of hydrogen-bond acceptors (Lipinski definition) is 6. The standard InChI is InChI=1S/C17H20N6O2/c1-2-25-14-8-11(17(24)20-7-3-6-18)4-5-12(14)15-22-13-9-19-10-21-16(13)23-15/h4-5,8-10H,2-3,6-7,18H2,1H3,(H,20,24)(H,19,21,22,23). The van der Waals surface area contributed by atoms with Crippen LogP contribution >= 0.6 is 0 Å². The van der Waals surface area contributed by atoms with Gasteiger partial charge in [-0.05, 0) is 38.1 Å². The normalized spacial score (nSPS) is 10.8. The molecule has 0 atom stereocenters. The maximum Gasteiger partial charge on any atom is 0.251 e. The summed E-state index contributed by atoms with van der Waals surface area (Å²) in [5, 5.41) is 2.83. The van der Waals surface area contributed by atoms with E-state index in [9.17, 15) is 4.79 Å². The smallest absolute Gasteiger partial charge is 0.251 e. The SMILES string of the molecule is CCOc1cc(C(=O)NCCCN)ccc1-c1nc2ncncc2[nH]1. The number of ether oxygens (including phenoxy) is 1. The van der Waals surface area contributed by atoms with E-state index >= 15 is 0 Å². The van der Waals surface area contributed by atoms with E-state index in [-0.39, 0.29) is 5.91 Å². The Morgan fingerprint density at radius 1 is 1.40 bits per heavy atom. The second-order valence-corrected chi connectivity index (χ2v) is 5.39. The number of fused-ring (bicyclic) bond motifs is 1. The van der Waals surface area contributed by atoms with Gasteiger partial charge in [0, 0.05) is 12.1 Å². The van der Waals surface area contributed by atoms with Gasteiger partial charge in [-0.2, -0.15) is 0 Å². The van der Waals surface area contributed by atoms with Crippen LogP contribution in [0.3, 0.4) is 0 Å². The lowest BCUT2D eigenvalue weighted by molar-refractivity contribution is 0.0953. The van der Waals surface area contributed by atoms with E-state index in [1.165, 1.54) is 6.33 Å². The zero-order valence-electron chi connectivity index (χ0n) is 14.0. The Balaban J connectivity index is 1.92. The van der Waals surface area contributed by atoms with Crippen LogP contribution in [0, 0.1) is 0 Å². The van der Waals surface area contributed by atoms with Gasteiger partial charge in [0.2, 0.25) is 0 Å². The van der Waals surface area contributed by atoms with Crippen molar-refractivity contribution in [1.29, 1.82) is 0 Å². The lowest BCUT2D eigenvalue weighted by atomic mass is 10.1. The van der Waals surface area contributed by atoms with E-state index in [0.29, 0.717) is 42.5 Å². The van der Waals surface area contributed by atoms with E-state index < -0.39 is 0 Å². The van der Waals surface area contributed by atoms with Crippen LogP contribution in [0.5, 0.6) is 5.75 Å². The molecule has 130 valence electrons. The van der Waals surface area contributed by atoms with E-state index in [1.807, 2.05) is 13.0 Å². The van der Waals surface area contributed by atoms with Crippen LogP contribution in [0.2, 0.25) is 0 Å². The zero-order chi connectivity index (χ0) is 17.6. The number of carbonyl (C=O) groups is 1. The Labute approximate surface area is 144 Å². The maximum absolute atomic E-state index is 12.2. The number of aromatic nitrogens is 4. The topological polar surface area (TPSA) is 119 Å². The van der Waals surface area contributed by atoms with Crippen molar-refractivity contribution in [3.05, 3.63) is 36.3 Å². The highest BCUT2D eigenvalue weighted by Gasteiger charge is 2.15. The number of rotatable bonds is 7. The summed E-state index contributed by atoms with van der Waals surface area (Å²) < 4.78 is 5.71. The molecule has 0 saturated carbocycles. The fourth-order valence-corrected chi connectivity index (χ4v) is 2.43. The van der Waals surface area contributed by atoms with Crippen LogP contribution in [0.15, 0.2) is 30.7 Å². The molecule has 0 saturated heterocycles. The molecule has 1 aromatic carbocycles. The predicted octanol–water partition coefficient (Wildman–Crippen LogP) is 1.50. The van der Waals surface area contributed by atoms with Crippen molar-refractivity contribution in [3.8, 4) is 17.1 Å². The third-order valence-electron chi connectivity index (χ3n) is 3.63. The van der Waals surface area contributed by atoms with E-state index in [1.54, 1.807) is 18.3 Å². The number of benzene rings is 1. The minimum Gasteiger partial charge on any atom is -0.493 e. The van der Waals surface area contributed by atoms with Crippen LogP contribution in [-0.4, -0.2) is 45.5 Å². The minimum atomic E-state index is -0.156. The summed E-state index contributed by atoms with van der Waals surface area (Å²) >= 11 is 0. The lowest BCUT2D eigenvalue weighted by Crippen LogP contribution is -2.25. The van der Waals surface area contributed by atoms with Crippen LogP contribution in [0.1, 0.15) is 23.7 Å². The molecule has 0 unspecified atom stereocenters. The summed E-state index contributed by atoms with van der Waals surface area (Å²) in [5.41, 5.74) is 8.05. The molecule has 4 N–H and O–H groups in total. The number of hydrogen-bond donors (Lipinski definition) is 3. The monoisotopic (exact) mass is 340 g/mol. The van der Waals surface area contributed by atoms with Gasteiger partial charge in [-0.25, -0.2) is 15.0 Å². The highest BCUT2D eigenvalue weighted by atomic mass is 16.5. The van der Waals surface area contributed by atoms with Crippen LogP contribution in [0.25, 0.3) is 22.6 Å². The molecule has 8 heteroatoms. The number of nitrogens with one attached hydrogen (secondary N) is 2. The van der Waals surface area contributed by atoms with Gasteiger partial charge >= 0.3 is 0 Å². The quantitative estimate of drug-likeness (QED) is 0.561. The molecular weight excluding hydrogens is 320 g/mol. The second-order valence-electron chi connectivity index (χ2n) is 5.39. The lowest BCUT2D eigenvalue weighted by Gasteiger charge is -2.11. The number of H-pyrrole nitrogens is 1. The van der Waals surface area contributed by atoms with Crippen molar-refractivity contribution < 1.29 is 9.53 Å². The second kappa shape index (κ2) is 7.71. The van der Waals surface area contributed by atoms with Crippen molar-refractivity contribution in [3.63, 3.8) is 0 Å². The summed E-state index contributed by atoms with van der Waals surface area (Å²) in [6, 6.07) is 5.28. The molecule has 25 heavy (non-hydrogen) atoms. The van der Waals surface area contributed by atoms with Gasteiger partial charge in [-0.15, -0.1) is 0 Å². The summed E-state index contributed by atoms with van der Waals surface area (Å²) in [6.07, 6.45) is 3.85. The van der Waals surface area contributed by atoms with E-state index in [2.05, 4.69) is 25.3 Å². The Morgan fingerprint density at radius 3 is 3.04 bits per heavy atom. The summed E-state index contributed by atoms with van der Waals surface area (Å²) in [7, 11) is 0. The van der Waals surface area contributed by atoms with Gasteiger partial charge in [0.25, 0.3) is 5.91 Å². The number of imidazole rings is 1. The van der Waals surface area contributed by atoms with Gasteiger partial charge in [0.15, 0.2) is 5.65 Å². The molecule has 0 fully saturated rings. The Hall–Kier alpha value is -3.00. The minimum absolute atomic E-state index is 0.156. The number of nitrogens with zero attached hydrogens (tertiary/aromatic N) is 3. The third-order valence-corrected chi connectivity index (χ3v) is 3.63. The van der Waals surface area contributed by atoms with Gasteiger partial charge in [0.05, 0.1) is 18.4 Å². The third kappa shape index (κ3) is 3.74. The average molecular weight is 340 g/mol. The number of aromatic amines is 1.